The third-order valence-corrected chi connectivity index (χ3v) is 11.6. The van der Waals surface area contributed by atoms with Crippen molar-refractivity contribution in [2.75, 3.05) is 13.7 Å². The van der Waals surface area contributed by atoms with E-state index in [4.69, 9.17) is 14.6 Å². The predicted octanol–water partition coefficient (Wildman–Crippen LogP) is 7.62. The first-order valence-electron chi connectivity index (χ1n) is 16.7. The Balaban J connectivity index is 0.00000124. The molecule has 0 aromatic carbocycles. The molecule has 0 amide bonds. The van der Waals surface area contributed by atoms with Gasteiger partial charge in [0.25, 0.3) is 5.97 Å². The van der Waals surface area contributed by atoms with Crippen LogP contribution in [0.4, 0.5) is 0 Å². The van der Waals surface area contributed by atoms with Gasteiger partial charge in [-0.25, -0.2) is 0 Å². The van der Waals surface area contributed by atoms with Crippen LogP contribution in [-0.2, 0) is 23.9 Å². The Bertz CT molecular complexity index is 1160. The Morgan fingerprint density at radius 1 is 1.07 bits per heavy atom. The van der Waals surface area contributed by atoms with E-state index in [1.165, 1.54) is 42.2 Å². The van der Waals surface area contributed by atoms with Gasteiger partial charge in [0.2, 0.25) is 0 Å². The summed E-state index contributed by atoms with van der Waals surface area (Å²) in [6.07, 6.45) is 11.7. The molecule has 0 spiro atoms. The van der Waals surface area contributed by atoms with E-state index in [1.807, 2.05) is 0 Å². The number of carboxylic acids is 1. The number of hydrogen-bond donors (Lipinski definition) is 2. The molecule has 4 unspecified atom stereocenters. The number of aliphatic carboxylic acids is 1. The Morgan fingerprint density at radius 3 is 2.34 bits per heavy atom. The number of hydrogen-bond acceptors (Lipinski definition) is 6. The van der Waals surface area contributed by atoms with Crippen molar-refractivity contribution >= 4 is 17.7 Å². The van der Waals surface area contributed by atoms with E-state index in [2.05, 4.69) is 58.9 Å². The van der Waals surface area contributed by atoms with Crippen molar-refractivity contribution in [1.82, 2.24) is 0 Å². The summed E-state index contributed by atoms with van der Waals surface area (Å²) in [6, 6.07) is 0. The first kappa shape index (κ1) is 36.2. The first-order valence-corrected chi connectivity index (χ1v) is 16.7. The molecule has 2 N–H and O–H groups in total. The summed E-state index contributed by atoms with van der Waals surface area (Å²) in [5.41, 5.74) is 5.52. The Hall–Kier alpha value is -2.25. The molecular formula is C37H58O7. The summed E-state index contributed by atoms with van der Waals surface area (Å²) in [6.45, 7) is 19.3. The van der Waals surface area contributed by atoms with Crippen LogP contribution in [0.2, 0.25) is 0 Å². The smallest absolute Gasteiger partial charge is 0.305 e. The number of allylic oxidation sites excluding steroid dienone is 4. The van der Waals surface area contributed by atoms with Gasteiger partial charge in [0.05, 0.1) is 25.7 Å². The number of aliphatic hydroxyl groups is 1. The van der Waals surface area contributed by atoms with Crippen LogP contribution in [-0.4, -0.2) is 53.9 Å². The molecule has 0 heterocycles. The van der Waals surface area contributed by atoms with Crippen molar-refractivity contribution in [3.8, 4) is 0 Å². The van der Waals surface area contributed by atoms with Crippen molar-refractivity contribution in [3.63, 3.8) is 0 Å². The number of rotatable bonds is 11. The fourth-order valence-corrected chi connectivity index (χ4v) is 9.09. The molecule has 6 atom stereocenters. The molecule has 7 nitrogen and oxygen atoms in total. The number of methoxy groups -OCH3 is 1. The average Bonchev–Trinajstić information content (AvgIpc) is 3.25. The molecule has 1 saturated carbocycles. The van der Waals surface area contributed by atoms with E-state index in [9.17, 15) is 14.7 Å². The molecule has 0 aromatic rings. The second kappa shape index (κ2) is 14.5. The second-order valence-electron chi connectivity index (χ2n) is 15.1. The lowest BCUT2D eigenvalue weighted by Gasteiger charge is -2.60. The average molecular weight is 615 g/mol. The summed E-state index contributed by atoms with van der Waals surface area (Å²) in [5, 5.41) is 19.3. The number of carbonyl (C=O) groups is 3. The van der Waals surface area contributed by atoms with Crippen molar-refractivity contribution in [2.24, 2.45) is 34.0 Å². The molecular weight excluding hydrogens is 556 g/mol. The SMILES string of the molecule is C=C(CCCC1CC=C2C3=C([C@@H](O)CC21C)C1(C)CC[C@H](OCC(=O)CCC(=O)OC)C(C)(C)C1CC3)C(C)C.CC(=O)O. The lowest BCUT2D eigenvalue weighted by atomic mass is 9.46. The minimum absolute atomic E-state index is 0.0172. The number of fused-ring (bicyclic) bond motifs is 4. The monoisotopic (exact) mass is 614 g/mol. The van der Waals surface area contributed by atoms with Crippen molar-refractivity contribution in [3.05, 3.63) is 34.9 Å². The summed E-state index contributed by atoms with van der Waals surface area (Å²) < 4.78 is 10.9. The molecule has 0 aliphatic heterocycles. The Kier molecular flexibility index (Phi) is 11.9. The molecule has 0 aromatic heterocycles. The second-order valence-corrected chi connectivity index (χ2v) is 15.1. The van der Waals surface area contributed by atoms with Gasteiger partial charge in [-0.1, -0.05) is 59.8 Å². The van der Waals surface area contributed by atoms with Crippen molar-refractivity contribution < 1.29 is 34.1 Å². The van der Waals surface area contributed by atoms with Gasteiger partial charge in [-0.3, -0.25) is 14.4 Å². The van der Waals surface area contributed by atoms with Gasteiger partial charge in [0.1, 0.15) is 6.61 Å². The molecule has 0 radical (unpaired) electrons. The van der Waals surface area contributed by atoms with Gasteiger partial charge in [-0.2, -0.15) is 0 Å². The highest BCUT2D eigenvalue weighted by Gasteiger charge is 2.59. The topological polar surface area (TPSA) is 110 Å². The van der Waals surface area contributed by atoms with Gasteiger partial charge < -0.3 is 19.7 Å². The molecule has 4 aliphatic rings. The van der Waals surface area contributed by atoms with Crippen LogP contribution in [0.3, 0.4) is 0 Å². The van der Waals surface area contributed by atoms with Crippen molar-refractivity contribution in [1.29, 1.82) is 0 Å². The standard InChI is InChI=1S/C35H54O5.C2H4O2/c1-22(2)23(3)10-9-11-24-12-15-27-26-14-16-29-33(4,5)30(40-21-25(36)13-17-31(38)39-8)18-19-34(29,6)32(26)28(37)20-35(24,27)7;1-2(3)4/h15,22,24,28-30,37H,3,9-14,16-21H2,1-2,4-8H3;1H3,(H,3,4)/t24?,28-,29?,30-,34?,35?;/m0./s1. The van der Waals surface area contributed by atoms with Gasteiger partial charge in [-0.05, 0) is 109 Å². The number of esters is 1. The van der Waals surface area contributed by atoms with Crippen LogP contribution in [0.15, 0.2) is 34.9 Å². The van der Waals surface area contributed by atoms with E-state index in [-0.39, 0.29) is 53.6 Å². The molecule has 0 saturated heterocycles. The van der Waals surface area contributed by atoms with E-state index in [0.717, 1.165) is 51.9 Å². The normalized spacial score (nSPS) is 32.0. The van der Waals surface area contributed by atoms with E-state index in [1.54, 1.807) is 0 Å². The minimum atomic E-state index is -0.833. The maximum Gasteiger partial charge on any atom is 0.305 e. The number of ether oxygens (including phenoxy) is 2. The highest BCUT2D eigenvalue weighted by molar-refractivity contribution is 5.83. The fraction of sp³-hybridized carbons (Fsp3) is 0.757. The van der Waals surface area contributed by atoms with Gasteiger partial charge in [0, 0.05) is 13.3 Å². The molecule has 248 valence electrons. The Labute approximate surface area is 265 Å². The minimum Gasteiger partial charge on any atom is -0.481 e. The van der Waals surface area contributed by atoms with Crippen molar-refractivity contribution in [2.45, 2.75) is 131 Å². The van der Waals surface area contributed by atoms with Crippen LogP contribution in [0.1, 0.15) is 119 Å². The van der Waals surface area contributed by atoms with Crippen LogP contribution in [0, 0.1) is 34.0 Å². The molecule has 4 rings (SSSR count). The van der Waals surface area contributed by atoms with Gasteiger partial charge in [0.15, 0.2) is 5.78 Å². The third kappa shape index (κ3) is 7.58. The first-order chi connectivity index (χ1) is 20.5. The summed E-state index contributed by atoms with van der Waals surface area (Å²) in [5.74, 6) is 0.262. The maximum atomic E-state index is 12.4. The van der Waals surface area contributed by atoms with Crippen LogP contribution >= 0.6 is 0 Å². The number of carbonyl (C=O) groups excluding carboxylic acids is 2. The summed E-state index contributed by atoms with van der Waals surface area (Å²) >= 11 is 0. The molecule has 4 aliphatic carbocycles. The Morgan fingerprint density at radius 2 is 1.73 bits per heavy atom. The van der Waals surface area contributed by atoms with Crippen LogP contribution in [0.25, 0.3) is 0 Å². The maximum absolute atomic E-state index is 12.4. The zero-order valence-corrected chi connectivity index (χ0v) is 28.6. The lowest BCUT2D eigenvalue weighted by Crippen LogP contribution is -2.56. The van der Waals surface area contributed by atoms with Crippen LogP contribution < -0.4 is 0 Å². The lowest BCUT2D eigenvalue weighted by molar-refractivity contribution is -0.147. The quantitative estimate of drug-likeness (QED) is 0.182. The number of ketones is 1. The predicted molar refractivity (Wildman–Crippen MR) is 173 cm³/mol. The van der Waals surface area contributed by atoms with Gasteiger partial charge >= 0.3 is 5.97 Å². The number of Topliss-reactive ketones (excluding diaryl/α,β-unsaturated/α-hetero) is 1. The van der Waals surface area contributed by atoms with E-state index in [0.29, 0.717) is 17.8 Å². The van der Waals surface area contributed by atoms with E-state index < -0.39 is 12.1 Å². The highest BCUT2D eigenvalue weighted by Crippen LogP contribution is 2.66. The highest BCUT2D eigenvalue weighted by atomic mass is 16.5. The van der Waals surface area contributed by atoms with Crippen LogP contribution in [0.5, 0.6) is 0 Å². The molecule has 44 heavy (non-hydrogen) atoms. The summed E-state index contributed by atoms with van der Waals surface area (Å²) in [7, 11) is 1.34. The largest absolute Gasteiger partial charge is 0.481 e. The van der Waals surface area contributed by atoms with Gasteiger partial charge in [-0.15, -0.1) is 0 Å². The summed E-state index contributed by atoms with van der Waals surface area (Å²) in [4.78, 5) is 32.8. The fourth-order valence-electron chi connectivity index (χ4n) is 9.09. The number of carboxylic acid groups (broad SMARTS) is 1. The zero-order chi connectivity index (χ0) is 33.0. The third-order valence-electron chi connectivity index (χ3n) is 11.6. The molecule has 1 fully saturated rings. The molecule has 7 heteroatoms. The number of aliphatic hydroxyl groups excluding tert-OH is 1. The van der Waals surface area contributed by atoms with E-state index >= 15 is 0 Å². The molecule has 0 bridgehead atoms. The zero-order valence-electron chi connectivity index (χ0n) is 28.6.